The summed E-state index contributed by atoms with van der Waals surface area (Å²) in [5.41, 5.74) is 6.85. The van der Waals surface area contributed by atoms with Gasteiger partial charge >= 0.3 is 12.7 Å². The van der Waals surface area contributed by atoms with E-state index in [0.717, 1.165) is 98.0 Å². The topological polar surface area (TPSA) is 18.5 Å². The first-order chi connectivity index (χ1) is 30.9. The van der Waals surface area contributed by atoms with Crippen LogP contribution in [0, 0.1) is 0 Å². The largest absolute Gasteiger partial charge is 0.573 e. The summed E-state index contributed by atoms with van der Waals surface area (Å²) in [5, 5.41) is 12.2. The van der Waals surface area contributed by atoms with E-state index in [0.29, 0.717) is 11.1 Å². The van der Waals surface area contributed by atoms with E-state index in [4.69, 9.17) is 0 Å². The lowest BCUT2D eigenvalue weighted by molar-refractivity contribution is -0.275. The molecule has 0 fully saturated rings. The fourth-order valence-corrected chi connectivity index (χ4v) is 9.32. The zero-order valence-electron chi connectivity index (χ0n) is 33.6. The lowest BCUT2D eigenvalue weighted by atomic mass is 9.82. The molecule has 0 aromatic heterocycles. The summed E-state index contributed by atoms with van der Waals surface area (Å²) in [5.74, 6) is -0.621. The maximum atomic E-state index is 13.3. The van der Waals surface area contributed by atoms with Crippen LogP contribution in [-0.2, 0) is 0 Å². The minimum Gasteiger partial charge on any atom is -0.406 e. The molecule has 0 aliphatic carbocycles. The fourth-order valence-electron chi connectivity index (χ4n) is 9.32. The first-order valence-electron chi connectivity index (χ1n) is 20.5. The number of fused-ring (bicyclic) bond motifs is 8. The van der Waals surface area contributed by atoms with Gasteiger partial charge in [-0.2, -0.15) is 0 Å². The van der Waals surface area contributed by atoms with Crippen LogP contribution in [0.4, 0.5) is 26.3 Å². The highest BCUT2D eigenvalue weighted by atomic mass is 19.4. The number of hydrogen-bond donors (Lipinski definition) is 0. The van der Waals surface area contributed by atoms with E-state index < -0.39 is 12.7 Å². The minimum absolute atomic E-state index is 0.306. The van der Waals surface area contributed by atoms with Gasteiger partial charge in [0.25, 0.3) is 0 Å². The van der Waals surface area contributed by atoms with Gasteiger partial charge in [0.1, 0.15) is 11.5 Å². The molecular formula is C56H32F6O2. The maximum Gasteiger partial charge on any atom is 0.573 e. The molecule has 8 heteroatoms. The summed E-state index contributed by atoms with van der Waals surface area (Å²) >= 11 is 0. The number of rotatable bonds is 6. The molecule has 0 saturated heterocycles. The molecule has 0 bridgehead atoms. The molecule has 2 nitrogen and oxygen atoms in total. The quantitative estimate of drug-likeness (QED) is 0.0943. The third kappa shape index (κ3) is 7.07. The molecule has 0 unspecified atom stereocenters. The van der Waals surface area contributed by atoms with Crippen LogP contribution < -0.4 is 9.47 Å². The van der Waals surface area contributed by atoms with E-state index in [1.54, 1.807) is 24.3 Å². The SMILES string of the molecule is FC(F)(F)Oc1ccc(-c2ccc3c(-c4cc5ccccc5c5ccccc45)c4cc(-c5ccc(OC(F)(F)F)cc5)cc(-c5cc6ccccc6c6ccccc56)c4cc3c2)cc1. The predicted molar refractivity (Wildman–Crippen MR) is 247 cm³/mol. The van der Waals surface area contributed by atoms with Gasteiger partial charge in [-0.1, -0.05) is 133 Å². The van der Waals surface area contributed by atoms with Crippen LogP contribution in [0.15, 0.2) is 194 Å². The van der Waals surface area contributed by atoms with Crippen molar-refractivity contribution >= 4 is 64.6 Å². The Balaban J connectivity index is 1.26. The Hall–Kier alpha value is -7.84. The van der Waals surface area contributed by atoms with Gasteiger partial charge in [0, 0.05) is 0 Å². The van der Waals surface area contributed by atoms with Crippen molar-refractivity contribution < 1.29 is 35.8 Å². The van der Waals surface area contributed by atoms with Crippen molar-refractivity contribution in [3.8, 4) is 56.0 Å². The average Bonchev–Trinajstić information content (AvgIpc) is 3.29. The Morgan fingerprint density at radius 1 is 0.266 bits per heavy atom. The van der Waals surface area contributed by atoms with Gasteiger partial charge in [-0.25, -0.2) is 0 Å². The first kappa shape index (κ1) is 39.0. The standard InChI is InChI=1S/C56H32F6O2/c57-55(58,59)63-40-22-17-33(18-23-40)35-21-26-44-39(27-35)32-51-50(49-28-36-9-1-3-11-42(36)45-13-5-7-15-47(45)49)30-38(34-19-24-41(25-20-34)64-56(60,61)62)31-53(51)54(44)52-29-37-10-2-4-12-43(37)46-14-6-8-16-48(46)52/h1-32H. The molecule has 0 aliphatic rings. The van der Waals surface area contributed by atoms with Gasteiger partial charge in [-0.15, -0.1) is 26.3 Å². The van der Waals surface area contributed by atoms with Gasteiger partial charge < -0.3 is 9.47 Å². The number of alkyl halides is 6. The molecule has 310 valence electrons. The summed E-state index contributed by atoms with van der Waals surface area (Å²) < 4.78 is 87.5. The number of halogens is 6. The molecule has 0 heterocycles. The lowest BCUT2D eigenvalue weighted by Crippen LogP contribution is -2.16. The van der Waals surface area contributed by atoms with Gasteiger partial charge in [-0.05, 0) is 170 Å². The van der Waals surface area contributed by atoms with Crippen molar-refractivity contribution in [2.75, 3.05) is 0 Å². The second-order valence-corrected chi connectivity index (χ2v) is 15.8. The molecule has 0 aliphatic heterocycles. The molecule has 11 rings (SSSR count). The average molecular weight is 851 g/mol. The van der Waals surface area contributed by atoms with E-state index in [9.17, 15) is 26.3 Å². The molecular weight excluding hydrogens is 819 g/mol. The number of ether oxygens (including phenoxy) is 2. The summed E-state index contributed by atoms with van der Waals surface area (Å²) in [6.45, 7) is 0. The summed E-state index contributed by atoms with van der Waals surface area (Å²) in [6, 6.07) is 61.8. The highest BCUT2D eigenvalue weighted by Crippen LogP contribution is 2.48. The van der Waals surface area contributed by atoms with Crippen LogP contribution in [0.1, 0.15) is 0 Å². The highest BCUT2D eigenvalue weighted by molar-refractivity contribution is 6.25. The van der Waals surface area contributed by atoms with Crippen molar-refractivity contribution in [2.24, 2.45) is 0 Å². The van der Waals surface area contributed by atoms with E-state index >= 15 is 0 Å². The van der Waals surface area contributed by atoms with E-state index in [2.05, 4.69) is 100 Å². The van der Waals surface area contributed by atoms with Crippen molar-refractivity contribution in [3.63, 3.8) is 0 Å². The fraction of sp³-hybridized carbons (Fsp3) is 0.0357. The molecule has 64 heavy (non-hydrogen) atoms. The molecule has 0 spiro atoms. The van der Waals surface area contributed by atoms with Gasteiger partial charge in [0.2, 0.25) is 0 Å². The summed E-state index contributed by atoms with van der Waals surface area (Å²) in [7, 11) is 0. The molecule has 0 saturated carbocycles. The van der Waals surface area contributed by atoms with Crippen LogP contribution in [0.25, 0.3) is 109 Å². The second kappa shape index (κ2) is 14.9. The molecule has 0 atom stereocenters. The zero-order valence-corrected chi connectivity index (χ0v) is 33.6. The van der Waals surface area contributed by atoms with Crippen LogP contribution >= 0.6 is 0 Å². The van der Waals surface area contributed by atoms with E-state index in [1.165, 1.54) is 24.3 Å². The van der Waals surface area contributed by atoms with E-state index in [1.807, 2.05) is 54.6 Å². The molecule has 0 radical (unpaired) electrons. The van der Waals surface area contributed by atoms with Crippen molar-refractivity contribution in [3.05, 3.63) is 194 Å². The molecule has 0 amide bonds. The molecule has 11 aromatic rings. The number of benzene rings is 11. The Bertz CT molecular complexity index is 3630. The van der Waals surface area contributed by atoms with Crippen LogP contribution in [0.3, 0.4) is 0 Å². The lowest BCUT2D eigenvalue weighted by Gasteiger charge is -2.21. The Labute approximate surface area is 362 Å². The monoisotopic (exact) mass is 850 g/mol. The Kier molecular flexibility index (Phi) is 9.10. The molecule has 11 aromatic carbocycles. The highest BCUT2D eigenvalue weighted by Gasteiger charge is 2.32. The molecule has 0 N–H and O–H groups in total. The maximum absolute atomic E-state index is 13.3. The first-order valence-corrected chi connectivity index (χ1v) is 20.5. The van der Waals surface area contributed by atoms with E-state index in [-0.39, 0.29) is 11.5 Å². The summed E-state index contributed by atoms with van der Waals surface area (Å²) in [4.78, 5) is 0. The Morgan fingerprint density at radius 2 is 0.703 bits per heavy atom. The van der Waals surface area contributed by atoms with Crippen molar-refractivity contribution in [1.82, 2.24) is 0 Å². The van der Waals surface area contributed by atoms with Crippen LogP contribution in [0.5, 0.6) is 11.5 Å². The number of hydrogen-bond acceptors (Lipinski definition) is 2. The van der Waals surface area contributed by atoms with Crippen LogP contribution in [0.2, 0.25) is 0 Å². The van der Waals surface area contributed by atoms with Crippen LogP contribution in [-0.4, -0.2) is 12.7 Å². The van der Waals surface area contributed by atoms with Crippen molar-refractivity contribution in [1.29, 1.82) is 0 Å². The predicted octanol–water partition coefficient (Wildman–Crippen LogP) is 17.1. The normalized spacial score (nSPS) is 12.2. The zero-order chi connectivity index (χ0) is 43.7. The minimum atomic E-state index is -4.84. The van der Waals surface area contributed by atoms with Crippen molar-refractivity contribution in [2.45, 2.75) is 12.7 Å². The smallest absolute Gasteiger partial charge is 0.406 e. The second-order valence-electron chi connectivity index (χ2n) is 15.8. The van der Waals surface area contributed by atoms with Gasteiger partial charge in [-0.3, -0.25) is 0 Å². The third-order valence-electron chi connectivity index (χ3n) is 12.0. The Morgan fingerprint density at radius 3 is 1.25 bits per heavy atom. The van der Waals surface area contributed by atoms with Gasteiger partial charge in [0.15, 0.2) is 0 Å². The summed E-state index contributed by atoms with van der Waals surface area (Å²) in [6.07, 6.45) is -9.65. The van der Waals surface area contributed by atoms with Gasteiger partial charge in [0.05, 0.1) is 0 Å². The third-order valence-corrected chi connectivity index (χ3v) is 12.0.